The molecule has 1 N–H and O–H groups in total. The third-order valence-electron chi connectivity index (χ3n) is 11.3. The Hall–Kier alpha value is -2.41. The van der Waals surface area contributed by atoms with Gasteiger partial charge in [0.25, 0.3) is 0 Å². The van der Waals surface area contributed by atoms with E-state index in [0.29, 0.717) is 24.3 Å². The summed E-state index contributed by atoms with van der Waals surface area (Å²) >= 11 is 0. The van der Waals surface area contributed by atoms with Gasteiger partial charge in [0.05, 0.1) is 12.7 Å². The molecule has 7 nitrogen and oxygen atoms in total. The molecule has 0 aromatic heterocycles. The van der Waals surface area contributed by atoms with Gasteiger partial charge < -0.3 is 19.3 Å². The Morgan fingerprint density at radius 3 is 2.48 bits per heavy atom. The van der Waals surface area contributed by atoms with Crippen LogP contribution in [-0.2, 0) is 28.6 Å². The quantitative estimate of drug-likeness (QED) is 0.295. The molecule has 0 saturated heterocycles. The Balaban J connectivity index is 1.77. The van der Waals surface area contributed by atoms with E-state index >= 15 is 0 Å². The summed E-state index contributed by atoms with van der Waals surface area (Å²) in [5.41, 5.74) is 1.03. The van der Waals surface area contributed by atoms with Crippen molar-refractivity contribution in [2.24, 2.45) is 34.0 Å². The van der Waals surface area contributed by atoms with Crippen LogP contribution in [0.25, 0.3) is 0 Å². The molecule has 0 aromatic carbocycles. The molecule has 0 aromatic rings. The molecule has 1 aliphatic heterocycles. The number of esters is 3. The minimum atomic E-state index is -1.07. The van der Waals surface area contributed by atoms with E-state index < -0.39 is 11.0 Å². The Bertz CT molecular complexity index is 1140. The number of allylic oxidation sites excluding steroid dienone is 3. The number of aliphatic hydroxyl groups is 1. The van der Waals surface area contributed by atoms with Crippen molar-refractivity contribution in [3.63, 3.8) is 0 Å². The molecule has 1 fully saturated rings. The second-order valence-electron chi connectivity index (χ2n) is 13.7. The molecular formula is C33H48O7. The van der Waals surface area contributed by atoms with Gasteiger partial charge in [0.1, 0.15) is 12.7 Å². The standard InChI is InChI=1S/C33H48O7/c1-20-9-11-26(40-29(20)36)21(2)23-13-16-32(7)24-10-12-27(30(4,5)37)33(19-39-22(3)34,18-15-28(35)38-8)25(24)14-17-31(23,32)6/h9-10,14,21,23,26-27,37H,11-13,15-19H2,1-8H3/t21-,23+,26-,27-,31+,32-,33-/m0/s1. The lowest BCUT2D eigenvalue weighted by molar-refractivity contribution is -0.150. The molecule has 0 bridgehead atoms. The lowest BCUT2D eigenvalue weighted by Crippen LogP contribution is -2.54. The fourth-order valence-electron chi connectivity index (χ4n) is 8.71. The number of ether oxygens (including phenoxy) is 3. The summed E-state index contributed by atoms with van der Waals surface area (Å²) < 4.78 is 16.6. The topological polar surface area (TPSA) is 99.1 Å². The highest BCUT2D eigenvalue weighted by atomic mass is 16.5. The summed E-state index contributed by atoms with van der Waals surface area (Å²) in [6, 6.07) is 0. The molecule has 3 aliphatic carbocycles. The first-order chi connectivity index (χ1) is 18.6. The summed E-state index contributed by atoms with van der Waals surface area (Å²) in [6.07, 6.45) is 11.3. The van der Waals surface area contributed by atoms with Crippen LogP contribution in [-0.4, -0.2) is 48.4 Å². The largest absolute Gasteiger partial charge is 0.469 e. The zero-order valence-electron chi connectivity index (χ0n) is 25.6. The number of methoxy groups -OCH3 is 1. The average Bonchev–Trinajstić information content (AvgIpc) is 3.17. The van der Waals surface area contributed by atoms with Gasteiger partial charge in [-0.3, -0.25) is 9.59 Å². The lowest BCUT2D eigenvalue weighted by Gasteiger charge is -2.58. The van der Waals surface area contributed by atoms with Crippen molar-refractivity contribution in [3.8, 4) is 0 Å². The van der Waals surface area contributed by atoms with Crippen molar-refractivity contribution in [2.75, 3.05) is 13.7 Å². The van der Waals surface area contributed by atoms with Gasteiger partial charge >= 0.3 is 17.9 Å². The molecule has 1 saturated carbocycles. The van der Waals surface area contributed by atoms with Gasteiger partial charge in [0, 0.05) is 36.7 Å². The van der Waals surface area contributed by atoms with Crippen LogP contribution in [0, 0.1) is 34.0 Å². The van der Waals surface area contributed by atoms with E-state index in [2.05, 4.69) is 32.9 Å². The molecule has 0 unspecified atom stereocenters. The van der Waals surface area contributed by atoms with Crippen LogP contribution in [0.4, 0.5) is 0 Å². The smallest absolute Gasteiger partial charge is 0.333 e. The van der Waals surface area contributed by atoms with Crippen LogP contribution in [0.15, 0.2) is 34.9 Å². The molecule has 0 amide bonds. The maximum absolute atomic E-state index is 12.4. The van der Waals surface area contributed by atoms with Crippen LogP contribution < -0.4 is 0 Å². The third-order valence-corrected chi connectivity index (χ3v) is 11.3. The summed E-state index contributed by atoms with van der Waals surface area (Å²) in [5.74, 6) is -0.606. The van der Waals surface area contributed by atoms with Gasteiger partial charge in [-0.15, -0.1) is 0 Å². The van der Waals surface area contributed by atoms with Crippen LogP contribution in [0.2, 0.25) is 0 Å². The summed E-state index contributed by atoms with van der Waals surface area (Å²) in [6.45, 7) is 13.9. The SMILES string of the molecule is COC(=O)CC[C@]1(COC(C)=O)C2=CC[C@]3(C)[C@@H]([C@H](C)[C@@H]4CC=C(C)C(=O)O4)CC[C@@]3(C)C2=CC[C@H]1C(C)(C)O. The van der Waals surface area contributed by atoms with E-state index in [-0.39, 0.29) is 59.7 Å². The first-order valence-corrected chi connectivity index (χ1v) is 14.8. The second kappa shape index (κ2) is 10.8. The number of carbonyl (C=O) groups excluding carboxylic acids is 3. The first kappa shape index (κ1) is 30.5. The lowest BCUT2D eigenvalue weighted by atomic mass is 9.47. The van der Waals surface area contributed by atoms with E-state index in [4.69, 9.17) is 14.2 Å². The normalized spacial score (nSPS) is 36.3. The average molecular weight is 557 g/mol. The van der Waals surface area contributed by atoms with Crippen molar-refractivity contribution < 1.29 is 33.7 Å². The van der Waals surface area contributed by atoms with Crippen molar-refractivity contribution in [2.45, 2.75) is 105 Å². The number of hydrogen-bond donors (Lipinski definition) is 1. The van der Waals surface area contributed by atoms with Gasteiger partial charge in [-0.05, 0) is 86.7 Å². The molecule has 7 atom stereocenters. The van der Waals surface area contributed by atoms with Crippen LogP contribution in [0.5, 0.6) is 0 Å². The third kappa shape index (κ3) is 4.97. The van der Waals surface area contributed by atoms with Crippen molar-refractivity contribution in [1.29, 1.82) is 0 Å². The zero-order chi connectivity index (χ0) is 29.7. The molecule has 222 valence electrons. The van der Waals surface area contributed by atoms with Crippen molar-refractivity contribution in [3.05, 3.63) is 34.9 Å². The maximum Gasteiger partial charge on any atom is 0.333 e. The van der Waals surface area contributed by atoms with Gasteiger partial charge in [-0.2, -0.15) is 0 Å². The Labute approximate surface area is 239 Å². The van der Waals surface area contributed by atoms with Crippen LogP contribution in [0.1, 0.15) is 93.4 Å². The monoisotopic (exact) mass is 556 g/mol. The fraction of sp³-hybridized carbons (Fsp3) is 0.727. The van der Waals surface area contributed by atoms with Crippen LogP contribution in [0.3, 0.4) is 0 Å². The number of fused-ring (bicyclic) bond motifs is 3. The minimum absolute atomic E-state index is 0.0680. The van der Waals surface area contributed by atoms with Crippen molar-refractivity contribution >= 4 is 17.9 Å². The summed E-state index contributed by atoms with van der Waals surface area (Å²) in [4.78, 5) is 36.9. The van der Waals surface area contributed by atoms with Crippen molar-refractivity contribution in [1.82, 2.24) is 0 Å². The van der Waals surface area contributed by atoms with E-state index in [1.54, 1.807) is 13.8 Å². The number of cyclic esters (lactones) is 1. The minimum Gasteiger partial charge on any atom is -0.469 e. The van der Waals surface area contributed by atoms with E-state index in [1.807, 2.05) is 13.0 Å². The molecule has 4 rings (SSSR count). The highest BCUT2D eigenvalue weighted by Gasteiger charge is 2.63. The molecule has 1 heterocycles. The number of rotatable bonds is 8. The molecule has 0 radical (unpaired) electrons. The molecule has 40 heavy (non-hydrogen) atoms. The molecular weight excluding hydrogens is 508 g/mol. The number of hydrogen-bond acceptors (Lipinski definition) is 7. The van der Waals surface area contributed by atoms with E-state index in [9.17, 15) is 19.5 Å². The highest BCUT2D eigenvalue weighted by Crippen LogP contribution is 2.70. The second-order valence-corrected chi connectivity index (χ2v) is 13.7. The maximum atomic E-state index is 12.4. The van der Waals surface area contributed by atoms with Gasteiger partial charge in [0.15, 0.2) is 0 Å². The molecule has 7 heteroatoms. The van der Waals surface area contributed by atoms with Gasteiger partial charge in [0.2, 0.25) is 0 Å². The highest BCUT2D eigenvalue weighted by molar-refractivity contribution is 5.88. The number of carbonyl (C=O) groups is 3. The van der Waals surface area contributed by atoms with E-state index in [0.717, 1.165) is 31.3 Å². The Morgan fingerprint density at radius 2 is 1.88 bits per heavy atom. The molecule has 4 aliphatic rings. The van der Waals surface area contributed by atoms with Crippen LogP contribution >= 0.6 is 0 Å². The Morgan fingerprint density at radius 1 is 1.18 bits per heavy atom. The predicted molar refractivity (Wildman–Crippen MR) is 152 cm³/mol. The zero-order valence-corrected chi connectivity index (χ0v) is 25.6. The predicted octanol–water partition coefficient (Wildman–Crippen LogP) is 5.86. The van der Waals surface area contributed by atoms with Gasteiger partial charge in [-0.1, -0.05) is 39.0 Å². The summed E-state index contributed by atoms with van der Waals surface area (Å²) in [5, 5.41) is 11.4. The fourth-order valence-corrected chi connectivity index (χ4v) is 8.71. The molecule has 0 spiro atoms. The first-order valence-electron chi connectivity index (χ1n) is 14.8. The Kier molecular flexibility index (Phi) is 8.23. The van der Waals surface area contributed by atoms with E-state index in [1.165, 1.54) is 19.6 Å². The summed E-state index contributed by atoms with van der Waals surface area (Å²) in [7, 11) is 1.38. The van der Waals surface area contributed by atoms with Gasteiger partial charge in [-0.25, -0.2) is 4.79 Å².